The topological polar surface area (TPSA) is 50.8 Å². The SMILES string of the molecule is O=C1Nc2ccc(F)cc2C1=C1OCc2cc(CCN3CCOCC3)ccc21. The Hall–Kier alpha value is -2.70. The van der Waals surface area contributed by atoms with Crippen molar-refractivity contribution in [2.75, 3.05) is 38.2 Å². The van der Waals surface area contributed by atoms with E-state index in [1.807, 2.05) is 6.07 Å². The standard InChI is InChI=1S/C22H21FN2O3/c23-16-2-4-19-18(12-16)20(22(26)24-19)21-17-3-1-14(11-15(17)13-28-21)5-6-25-7-9-27-10-8-25/h1-4,11-12H,5-10,13H2,(H,24,26). The summed E-state index contributed by atoms with van der Waals surface area (Å²) in [7, 11) is 0. The average Bonchev–Trinajstić information content (AvgIpc) is 3.26. The molecule has 0 saturated carbocycles. The van der Waals surface area contributed by atoms with E-state index in [2.05, 4.69) is 22.3 Å². The second-order valence-electron chi connectivity index (χ2n) is 7.33. The average molecular weight is 380 g/mol. The molecule has 2 aromatic carbocycles. The van der Waals surface area contributed by atoms with Gasteiger partial charge in [-0.05, 0) is 30.2 Å². The van der Waals surface area contributed by atoms with Crippen LogP contribution in [0.5, 0.6) is 0 Å². The van der Waals surface area contributed by atoms with Crippen LogP contribution in [0.3, 0.4) is 0 Å². The molecule has 28 heavy (non-hydrogen) atoms. The molecule has 3 aliphatic rings. The molecule has 2 aromatic rings. The number of nitrogens with one attached hydrogen (secondary N) is 1. The second-order valence-corrected chi connectivity index (χ2v) is 7.33. The summed E-state index contributed by atoms with van der Waals surface area (Å²) in [6, 6.07) is 10.6. The summed E-state index contributed by atoms with van der Waals surface area (Å²) in [6.07, 6.45) is 0.966. The Morgan fingerprint density at radius 3 is 2.79 bits per heavy atom. The Balaban J connectivity index is 1.42. The van der Waals surface area contributed by atoms with Gasteiger partial charge in [0.05, 0.1) is 18.8 Å². The van der Waals surface area contributed by atoms with Crippen LogP contribution in [0.1, 0.15) is 22.3 Å². The van der Waals surface area contributed by atoms with Crippen LogP contribution in [0.15, 0.2) is 36.4 Å². The lowest BCUT2D eigenvalue weighted by molar-refractivity contribution is -0.110. The number of amides is 1. The summed E-state index contributed by atoms with van der Waals surface area (Å²) < 4.78 is 25.0. The van der Waals surface area contributed by atoms with Gasteiger partial charge in [-0.15, -0.1) is 0 Å². The van der Waals surface area contributed by atoms with Gasteiger partial charge in [-0.25, -0.2) is 4.39 Å². The number of nitrogens with zero attached hydrogens (tertiary/aromatic N) is 1. The lowest BCUT2D eigenvalue weighted by atomic mass is 9.98. The van der Waals surface area contributed by atoms with Gasteiger partial charge in [0.15, 0.2) is 0 Å². The molecule has 3 aliphatic heterocycles. The highest BCUT2D eigenvalue weighted by atomic mass is 19.1. The first kappa shape index (κ1) is 17.4. The molecule has 5 nitrogen and oxygen atoms in total. The van der Waals surface area contributed by atoms with Crippen molar-refractivity contribution in [2.45, 2.75) is 13.0 Å². The molecule has 0 aromatic heterocycles. The minimum atomic E-state index is -0.370. The maximum absolute atomic E-state index is 13.7. The van der Waals surface area contributed by atoms with Crippen molar-refractivity contribution in [3.63, 3.8) is 0 Å². The van der Waals surface area contributed by atoms with Gasteiger partial charge in [-0.1, -0.05) is 18.2 Å². The number of halogens is 1. The zero-order valence-corrected chi connectivity index (χ0v) is 15.5. The number of rotatable bonds is 3. The number of anilines is 1. The first-order chi connectivity index (χ1) is 13.7. The Kier molecular flexibility index (Phi) is 4.37. The molecule has 1 N–H and O–H groups in total. The molecule has 1 saturated heterocycles. The van der Waals surface area contributed by atoms with Crippen LogP contribution in [0.4, 0.5) is 10.1 Å². The molecule has 6 heteroatoms. The summed E-state index contributed by atoms with van der Waals surface area (Å²) >= 11 is 0. The van der Waals surface area contributed by atoms with E-state index in [1.54, 1.807) is 6.07 Å². The highest BCUT2D eigenvalue weighted by Gasteiger charge is 2.32. The van der Waals surface area contributed by atoms with Crippen LogP contribution >= 0.6 is 0 Å². The molecule has 0 radical (unpaired) electrons. The predicted molar refractivity (Wildman–Crippen MR) is 104 cm³/mol. The lowest BCUT2D eigenvalue weighted by Crippen LogP contribution is -2.37. The van der Waals surface area contributed by atoms with Gasteiger partial charge in [0.2, 0.25) is 0 Å². The van der Waals surface area contributed by atoms with E-state index in [0.29, 0.717) is 29.2 Å². The minimum Gasteiger partial charge on any atom is -0.487 e. The fourth-order valence-corrected chi connectivity index (χ4v) is 4.05. The molecule has 0 aliphatic carbocycles. The Labute approximate surface area is 162 Å². The maximum Gasteiger partial charge on any atom is 0.260 e. The lowest BCUT2D eigenvalue weighted by Gasteiger charge is -2.26. The quantitative estimate of drug-likeness (QED) is 0.832. The molecule has 0 unspecified atom stereocenters. The van der Waals surface area contributed by atoms with E-state index >= 15 is 0 Å². The maximum atomic E-state index is 13.7. The van der Waals surface area contributed by atoms with Gasteiger partial charge < -0.3 is 14.8 Å². The number of hydrogen-bond acceptors (Lipinski definition) is 4. The van der Waals surface area contributed by atoms with Gasteiger partial charge in [0, 0.05) is 42.0 Å². The van der Waals surface area contributed by atoms with Crippen LogP contribution in [-0.4, -0.2) is 43.7 Å². The van der Waals surface area contributed by atoms with E-state index < -0.39 is 0 Å². The summed E-state index contributed by atoms with van der Waals surface area (Å²) in [5.41, 5.74) is 4.83. The number of morpholine rings is 1. The first-order valence-electron chi connectivity index (χ1n) is 9.60. The largest absolute Gasteiger partial charge is 0.487 e. The zero-order chi connectivity index (χ0) is 19.1. The van der Waals surface area contributed by atoms with E-state index in [4.69, 9.17) is 9.47 Å². The van der Waals surface area contributed by atoms with E-state index in [9.17, 15) is 9.18 Å². The fourth-order valence-electron chi connectivity index (χ4n) is 4.05. The van der Waals surface area contributed by atoms with Gasteiger partial charge in [0.25, 0.3) is 5.91 Å². The number of fused-ring (bicyclic) bond motifs is 2. The van der Waals surface area contributed by atoms with Crippen molar-refractivity contribution in [1.82, 2.24) is 4.90 Å². The van der Waals surface area contributed by atoms with Crippen molar-refractivity contribution in [1.29, 1.82) is 0 Å². The normalized spacial score (nSPS) is 21.2. The van der Waals surface area contributed by atoms with Gasteiger partial charge in [-0.3, -0.25) is 9.69 Å². The monoisotopic (exact) mass is 380 g/mol. The van der Waals surface area contributed by atoms with Crippen LogP contribution in [0.25, 0.3) is 11.3 Å². The third kappa shape index (κ3) is 3.08. The predicted octanol–water partition coefficient (Wildman–Crippen LogP) is 3.05. The number of benzene rings is 2. The molecular weight excluding hydrogens is 359 g/mol. The first-order valence-corrected chi connectivity index (χ1v) is 9.60. The minimum absolute atomic E-state index is 0.250. The Morgan fingerprint density at radius 1 is 1.07 bits per heavy atom. The van der Waals surface area contributed by atoms with Crippen molar-refractivity contribution < 1.29 is 18.7 Å². The van der Waals surface area contributed by atoms with Crippen LogP contribution in [-0.2, 0) is 27.3 Å². The van der Waals surface area contributed by atoms with Crippen molar-refractivity contribution in [2.24, 2.45) is 0 Å². The van der Waals surface area contributed by atoms with Crippen LogP contribution < -0.4 is 5.32 Å². The molecule has 3 heterocycles. The molecule has 1 fully saturated rings. The third-order valence-corrected chi connectivity index (χ3v) is 5.56. The second kappa shape index (κ2) is 7.04. The fraction of sp³-hybridized carbons (Fsp3) is 0.318. The molecule has 0 bridgehead atoms. The van der Waals surface area contributed by atoms with E-state index in [-0.39, 0.29) is 11.7 Å². The van der Waals surface area contributed by atoms with Gasteiger partial charge >= 0.3 is 0 Å². The molecular formula is C22H21FN2O3. The summed E-state index contributed by atoms with van der Waals surface area (Å²) in [5.74, 6) is -0.0820. The molecule has 144 valence electrons. The van der Waals surface area contributed by atoms with Gasteiger partial charge in [0.1, 0.15) is 18.2 Å². The molecule has 5 rings (SSSR count). The van der Waals surface area contributed by atoms with Crippen molar-refractivity contribution >= 4 is 22.9 Å². The Morgan fingerprint density at radius 2 is 1.93 bits per heavy atom. The molecule has 0 spiro atoms. The molecule has 1 amide bonds. The number of hydrogen-bond donors (Lipinski definition) is 1. The molecule has 0 atom stereocenters. The highest BCUT2D eigenvalue weighted by molar-refractivity contribution is 6.36. The number of ether oxygens (including phenoxy) is 2. The smallest absolute Gasteiger partial charge is 0.260 e. The van der Waals surface area contributed by atoms with Crippen LogP contribution in [0, 0.1) is 5.82 Å². The summed E-state index contributed by atoms with van der Waals surface area (Å²) in [6.45, 7) is 5.01. The third-order valence-electron chi connectivity index (χ3n) is 5.56. The van der Waals surface area contributed by atoms with Crippen LogP contribution in [0.2, 0.25) is 0 Å². The van der Waals surface area contributed by atoms with Crippen molar-refractivity contribution in [3.05, 3.63) is 64.5 Å². The highest BCUT2D eigenvalue weighted by Crippen LogP contribution is 2.41. The zero-order valence-electron chi connectivity index (χ0n) is 15.5. The van der Waals surface area contributed by atoms with Gasteiger partial charge in [-0.2, -0.15) is 0 Å². The van der Waals surface area contributed by atoms with Crippen molar-refractivity contribution in [3.8, 4) is 0 Å². The summed E-state index contributed by atoms with van der Waals surface area (Å²) in [5, 5.41) is 2.79. The Bertz CT molecular complexity index is 980. The number of carbonyl (C=O) groups is 1. The number of carbonyl (C=O) groups excluding carboxylic acids is 1. The summed E-state index contributed by atoms with van der Waals surface area (Å²) in [4.78, 5) is 14.9. The van der Waals surface area contributed by atoms with E-state index in [0.717, 1.165) is 50.4 Å². The van der Waals surface area contributed by atoms with E-state index in [1.165, 1.54) is 17.7 Å².